The molecule has 6 nitrogen and oxygen atoms in total. The molecule has 0 unspecified atom stereocenters. The molecule has 0 saturated carbocycles. The highest BCUT2D eigenvalue weighted by molar-refractivity contribution is 5.98. The van der Waals surface area contributed by atoms with E-state index in [4.69, 9.17) is 4.74 Å². The number of aryl methyl sites for hydroxylation is 1. The molecule has 18 heavy (non-hydrogen) atoms. The first-order valence-electron chi connectivity index (χ1n) is 5.39. The first kappa shape index (κ1) is 14.1. The van der Waals surface area contributed by atoms with Gasteiger partial charge in [0, 0.05) is 13.2 Å². The van der Waals surface area contributed by atoms with Gasteiger partial charge in [0.1, 0.15) is 11.3 Å². The van der Waals surface area contributed by atoms with Crippen LogP contribution in [-0.2, 0) is 9.53 Å². The maximum absolute atomic E-state index is 11.9. The van der Waals surface area contributed by atoms with E-state index in [9.17, 15) is 14.9 Å². The molecule has 1 aromatic carbocycles. The summed E-state index contributed by atoms with van der Waals surface area (Å²) in [7, 11) is 1.41. The van der Waals surface area contributed by atoms with Crippen LogP contribution in [0.5, 0.6) is 0 Å². The van der Waals surface area contributed by atoms with Crippen molar-refractivity contribution in [1.82, 2.24) is 0 Å². The zero-order chi connectivity index (χ0) is 13.9. The second kappa shape index (κ2) is 5.14. The van der Waals surface area contributed by atoms with E-state index in [1.807, 2.05) is 0 Å². The molecule has 0 bridgehead atoms. The van der Waals surface area contributed by atoms with Crippen LogP contribution in [0.25, 0.3) is 0 Å². The van der Waals surface area contributed by atoms with Crippen molar-refractivity contribution < 1.29 is 14.5 Å². The number of nitro benzene ring substituents is 1. The molecule has 1 amide bonds. The summed E-state index contributed by atoms with van der Waals surface area (Å²) < 4.78 is 5.01. The fourth-order valence-electron chi connectivity index (χ4n) is 1.26. The molecule has 0 aliphatic rings. The standard InChI is InChI=1S/C12H16N2O4/c1-8-5-6-9(10(7-8)14(16)17)13-11(15)12(2,3)18-4/h5-7H,1-4H3,(H,13,15). The smallest absolute Gasteiger partial charge is 0.293 e. The lowest BCUT2D eigenvalue weighted by molar-refractivity contribution is -0.384. The molecule has 0 spiro atoms. The number of hydrogen-bond donors (Lipinski definition) is 1. The van der Waals surface area contributed by atoms with Gasteiger partial charge in [-0.25, -0.2) is 0 Å². The normalized spacial score (nSPS) is 11.1. The van der Waals surface area contributed by atoms with Gasteiger partial charge in [0.2, 0.25) is 0 Å². The van der Waals surface area contributed by atoms with E-state index < -0.39 is 16.4 Å². The van der Waals surface area contributed by atoms with E-state index >= 15 is 0 Å². The highest BCUT2D eigenvalue weighted by Crippen LogP contribution is 2.26. The minimum Gasteiger partial charge on any atom is -0.369 e. The minimum absolute atomic E-state index is 0.129. The number of anilines is 1. The van der Waals surface area contributed by atoms with Gasteiger partial charge in [0.25, 0.3) is 11.6 Å². The Bertz CT molecular complexity index is 483. The van der Waals surface area contributed by atoms with Crippen LogP contribution in [0.15, 0.2) is 18.2 Å². The van der Waals surface area contributed by atoms with Crippen molar-refractivity contribution in [3.05, 3.63) is 33.9 Å². The number of nitro groups is 1. The summed E-state index contributed by atoms with van der Waals surface area (Å²) in [4.78, 5) is 22.2. The van der Waals surface area contributed by atoms with Gasteiger partial charge in [-0.3, -0.25) is 14.9 Å². The third-order valence-electron chi connectivity index (χ3n) is 2.66. The summed E-state index contributed by atoms with van der Waals surface area (Å²) in [6.45, 7) is 4.92. The number of methoxy groups -OCH3 is 1. The summed E-state index contributed by atoms with van der Waals surface area (Å²) >= 11 is 0. The van der Waals surface area contributed by atoms with Gasteiger partial charge in [0.15, 0.2) is 0 Å². The lowest BCUT2D eigenvalue weighted by Crippen LogP contribution is -2.38. The Morgan fingerprint density at radius 1 is 1.44 bits per heavy atom. The van der Waals surface area contributed by atoms with Crippen LogP contribution in [0.2, 0.25) is 0 Å². The zero-order valence-corrected chi connectivity index (χ0v) is 10.8. The van der Waals surface area contributed by atoms with Gasteiger partial charge in [-0.1, -0.05) is 6.07 Å². The van der Waals surface area contributed by atoms with Crippen LogP contribution in [-0.4, -0.2) is 23.5 Å². The molecular weight excluding hydrogens is 236 g/mol. The predicted octanol–water partition coefficient (Wildman–Crippen LogP) is 2.27. The molecule has 0 saturated heterocycles. The number of amides is 1. The molecule has 0 aliphatic carbocycles. The Balaban J connectivity index is 3.05. The van der Waals surface area contributed by atoms with Gasteiger partial charge >= 0.3 is 0 Å². The molecule has 0 atom stereocenters. The summed E-state index contributed by atoms with van der Waals surface area (Å²) in [5.41, 5.74) is -0.250. The third kappa shape index (κ3) is 3.04. The van der Waals surface area contributed by atoms with Crippen molar-refractivity contribution in [3.63, 3.8) is 0 Å². The van der Waals surface area contributed by atoms with Crippen LogP contribution in [0.4, 0.5) is 11.4 Å². The van der Waals surface area contributed by atoms with Crippen LogP contribution in [0.3, 0.4) is 0 Å². The van der Waals surface area contributed by atoms with Crippen LogP contribution >= 0.6 is 0 Å². The van der Waals surface area contributed by atoms with E-state index in [-0.39, 0.29) is 11.4 Å². The van der Waals surface area contributed by atoms with Crippen molar-refractivity contribution in [1.29, 1.82) is 0 Å². The first-order valence-corrected chi connectivity index (χ1v) is 5.39. The van der Waals surface area contributed by atoms with Crippen molar-refractivity contribution >= 4 is 17.3 Å². The van der Waals surface area contributed by atoms with Gasteiger partial charge in [-0.2, -0.15) is 0 Å². The molecule has 0 radical (unpaired) electrons. The highest BCUT2D eigenvalue weighted by Gasteiger charge is 2.28. The second-order valence-electron chi connectivity index (χ2n) is 4.45. The van der Waals surface area contributed by atoms with Gasteiger partial charge in [0.05, 0.1) is 4.92 Å². The van der Waals surface area contributed by atoms with E-state index in [0.29, 0.717) is 0 Å². The Hall–Kier alpha value is -1.95. The summed E-state index contributed by atoms with van der Waals surface area (Å²) in [6, 6.07) is 4.62. The molecule has 1 aromatic rings. The first-order chi connectivity index (χ1) is 8.27. The fourth-order valence-corrected chi connectivity index (χ4v) is 1.26. The summed E-state index contributed by atoms with van der Waals surface area (Å²) in [5.74, 6) is -0.433. The van der Waals surface area contributed by atoms with Gasteiger partial charge in [-0.15, -0.1) is 0 Å². The average Bonchev–Trinajstić information content (AvgIpc) is 2.31. The Kier molecular flexibility index (Phi) is 4.03. The molecule has 1 rings (SSSR count). The summed E-state index contributed by atoms with van der Waals surface area (Å²) in [5, 5.41) is 13.4. The van der Waals surface area contributed by atoms with Gasteiger partial charge < -0.3 is 10.1 Å². The highest BCUT2D eigenvalue weighted by atomic mass is 16.6. The molecule has 0 aliphatic heterocycles. The molecule has 0 aromatic heterocycles. The molecular formula is C12H16N2O4. The van der Waals surface area contributed by atoms with Gasteiger partial charge in [-0.05, 0) is 32.4 Å². The fraction of sp³-hybridized carbons (Fsp3) is 0.417. The molecule has 98 valence electrons. The van der Waals surface area contributed by atoms with Crippen LogP contribution < -0.4 is 5.32 Å². The third-order valence-corrected chi connectivity index (χ3v) is 2.66. The van der Waals surface area contributed by atoms with E-state index in [1.165, 1.54) is 19.2 Å². The Morgan fingerprint density at radius 3 is 2.56 bits per heavy atom. The topological polar surface area (TPSA) is 81.5 Å². The molecule has 0 heterocycles. The SMILES string of the molecule is COC(C)(C)C(=O)Nc1ccc(C)cc1[N+](=O)[O-]. The van der Waals surface area contributed by atoms with Crippen molar-refractivity contribution in [2.75, 3.05) is 12.4 Å². The van der Waals surface area contributed by atoms with E-state index in [1.54, 1.807) is 26.8 Å². The number of nitrogens with zero attached hydrogens (tertiary/aromatic N) is 1. The molecule has 6 heteroatoms. The predicted molar refractivity (Wildman–Crippen MR) is 67.6 cm³/mol. The lowest BCUT2D eigenvalue weighted by atomic mass is 10.1. The number of rotatable bonds is 4. The average molecular weight is 252 g/mol. The van der Waals surface area contributed by atoms with E-state index in [2.05, 4.69) is 5.32 Å². The Morgan fingerprint density at radius 2 is 2.06 bits per heavy atom. The van der Waals surface area contributed by atoms with E-state index in [0.717, 1.165) is 5.56 Å². The van der Waals surface area contributed by atoms with Crippen molar-refractivity contribution in [3.8, 4) is 0 Å². The maximum Gasteiger partial charge on any atom is 0.293 e. The maximum atomic E-state index is 11.9. The number of ether oxygens (including phenoxy) is 1. The monoisotopic (exact) mass is 252 g/mol. The van der Waals surface area contributed by atoms with Crippen molar-refractivity contribution in [2.45, 2.75) is 26.4 Å². The summed E-state index contributed by atoms with van der Waals surface area (Å²) in [6.07, 6.45) is 0. The van der Waals surface area contributed by atoms with Crippen LogP contribution in [0, 0.1) is 17.0 Å². The Labute approximate surface area is 105 Å². The second-order valence-corrected chi connectivity index (χ2v) is 4.45. The zero-order valence-electron chi connectivity index (χ0n) is 10.8. The van der Waals surface area contributed by atoms with Crippen LogP contribution in [0.1, 0.15) is 19.4 Å². The molecule has 1 N–H and O–H groups in total. The number of benzene rings is 1. The quantitative estimate of drug-likeness (QED) is 0.658. The lowest BCUT2D eigenvalue weighted by Gasteiger charge is -2.21. The van der Waals surface area contributed by atoms with Crippen molar-refractivity contribution in [2.24, 2.45) is 0 Å². The largest absolute Gasteiger partial charge is 0.369 e. The number of hydrogen-bond acceptors (Lipinski definition) is 4. The number of nitrogens with one attached hydrogen (secondary N) is 1. The number of carbonyl (C=O) groups excluding carboxylic acids is 1. The number of carbonyl (C=O) groups is 1. The molecule has 0 fully saturated rings. The minimum atomic E-state index is -1.04.